The van der Waals surface area contributed by atoms with Crippen molar-refractivity contribution >= 4 is 49.3 Å². The minimum Gasteiger partial charge on any atom is -0.459 e. The summed E-state index contributed by atoms with van der Waals surface area (Å²) in [6, 6.07) is -0.138. The summed E-state index contributed by atoms with van der Waals surface area (Å²) in [5.74, 6) is -3.04. The number of carbonyl (C=O) groups excluding carboxylic acids is 3. The lowest BCUT2D eigenvalue weighted by Crippen LogP contribution is -2.56. The molecule has 1 heterocycles. The largest absolute Gasteiger partial charge is 0.459 e. The van der Waals surface area contributed by atoms with E-state index in [1.54, 1.807) is 20.8 Å². The van der Waals surface area contributed by atoms with Crippen LogP contribution in [0.5, 0.6) is 0 Å². The predicted octanol–water partition coefficient (Wildman–Crippen LogP) is 2.34. The number of esters is 1. The first-order valence-electron chi connectivity index (χ1n) is 13.2. The molecule has 1 saturated heterocycles. The van der Waals surface area contributed by atoms with Gasteiger partial charge in [-0.05, 0) is 64.0 Å². The molecule has 12 nitrogen and oxygen atoms in total. The number of nitrogens with zero attached hydrogens (tertiary/aromatic N) is 1. The number of ether oxygens (including phenoxy) is 2. The monoisotopic (exact) mass is 663 g/mol. The Bertz CT molecular complexity index is 1550. The summed E-state index contributed by atoms with van der Waals surface area (Å²) in [5, 5.41) is 2.44. The Morgan fingerprint density at radius 2 is 1.93 bits per heavy atom. The fraction of sp³-hybridized carbons (Fsp3) is 0.519. The lowest BCUT2D eigenvalue weighted by molar-refractivity contribution is -0.157. The third kappa shape index (κ3) is 9.08. The molecule has 16 heteroatoms. The molecule has 1 amide bonds. The molecule has 1 aliphatic heterocycles. The van der Waals surface area contributed by atoms with Crippen LogP contribution in [0.4, 0.5) is 9.18 Å². The highest BCUT2D eigenvalue weighted by molar-refractivity contribution is 7.91. The zero-order valence-corrected chi connectivity index (χ0v) is 26.7. The number of halogens is 2. The summed E-state index contributed by atoms with van der Waals surface area (Å²) in [6.07, 6.45) is 2.79. The van der Waals surface area contributed by atoms with Crippen LogP contribution >= 0.6 is 11.6 Å². The number of hydrogen-bond donors (Lipinski definition) is 2. The average Bonchev–Trinajstić information content (AvgIpc) is 2.88. The van der Waals surface area contributed by atoms with Crippen LogP contribution in [0.1, 0.15) is 33.6 Å². The van der Waals surface area contributed by atoms with Crippen LogP contribution in [0, 0.1) is 11.2 Å². The quantitative estimate of drug-likeness (QED) is 0.375. The number of allylic oxidation sites excluding steroid dienone is 3. The van der Waals surface area contributed by atoms with E-state index in [1.807, 2.05) is 0 Å². The van der Waals surface area contributed by atoms with Crippen molar-refractivity contribution in [1.82, 2.24) is 14.9 Å². The molecule has 0 radical (unpaired) electrons. The number of rotatable bonds is 9. The number of ketones is 1. The molecule has 238 valence electrons. The van der Waals surface area contributed by atoms with E-state index in [-0.39, 0.29) is 24.5 Å². The van der Waals surface area contributed by atoms with E-state index in [0.29, 0.717) is 0 Å². The van der Waals surface area contributed by atoms with E-state index in [0.717, 1.165) is 18.2 Å². The first-order chi connectivity index (χ1) is 19.7. The second-order valence-corrected chi connectivity index (χ2v) is 15.9. The highest BCUT2D eigenvalue weighted by atomic mass is 35.5. The number of nitrogens with one attached hydrogen (secondary N) is 2. The van der Waals surface area contributed by atoms with Crippen molar-refractivity contribution in [1.29, 1.82) is 0 Å². The van der Waals surface area contributed by atoms with Gasteiger partial charge in [0.05, 0.1) is 32.9 Å². The van der Waals surface area contributed by atoms with Crippen LogP contribution in [0.25, 0.3) is 0 Å². The predicted molar refractivity (Wildman–Crippen MR) is 156 cm³/mol. The van der Waals surface area contributed by atoms with Crippen LogP contribution in [-0.2, 0) is 38.9 Å². The number of Topliss-reactive ketones (excluding diaryl/α,β-unsaturated/α-hetero) is 1. The van der Waals surface area contributed by atoms with Crippen LogP contribution < -0.4 is 10.0 Å². The normalized spacial score (nSPS) is 22.7. The first-order valence-corrected chi connectivity index (χ1v) is 16.9. The molecule has 3 atom stereocenters. The number of sulfone groups is 1. The van der Waals surface area contributed by atoms with E-state index in [4.69, 9.17) is 21.1 Å². The molecule has 0 spiro atoms. The first kappa shape index (κ1) is 34.6. The Labute approximate surface area is 255 Å². The summed E-state index contributed by atoms with van der Waals surface area (Å²) in [7, 11) is -5.13. The van der Waals surface area contributed by atoms with Gasteiger partial charge in [0.2, 0.25) is 10.0 Å². The fourth-order valence-electron chi connectivity index (χ4n) is 4.47. The molecule has 1 aromatic rings. The second kappa shape index (κ2) is 13.0. The minimum absolute atomic E-state index is 0.0214. The smallest absolute Gasteiger partial charge is 0.414 e. The minimum atomic E-state index is -4.52. The van der Waals surface area contributed by atoms with Gasteiger partial charge >= 0.3 is 12.1 Å². The van der Waals surface area contributed by atoms with Crippen molar-refractivity contribution in [3.05, 3.63) is 53.0 Å². The van der Waals surface area contributed by atoms with E-state index < -0.39 is 88.7 Å². The molecule has 0 bridgehead atoms. The van der Waals surface area contributed by atoms with Crippen LogP contribution in [0.2, 0.25) is 5.02 Å². The molecule has 2 aliphatic rings. The molecule has 3 rings (SSSR count). The van der Waals surface area contributed by atoms with Gasteiger partial charge in [0.25, 0.3) is 0 Å². The van der Waals surface area contributed by atoms with Gasteiger partial charge in [0, 0.05) is 20.6 Å². The molecule has 2 unspecified atom stereocenters. The number of sulfonamides is 1. The van der Waals surface area contributed by atoms with Gasteiger partial charge in [0.15, 0.2) is 15.6 Å². The Balaban J connectivity index is 2.05. The van der Waals surface area contributed by atoms with Crippen LogP contribution in [-0.4, -0.2) is 89.4 Å². The lowest BCUT2D eigenvalue weighted by atomic mass is 9.71. The topological polar surface area (TPSA) is 165 Å². The summed E-state index contributed by atoms with van der Waals surface area (Å²) < 4.78 is 78.2. The Morgan fingerprint density at radius 3 is 2.47 bits per heavy atom. The summed E-state index contributed by atoms with van der Waals surface area (Å²) >= 11 is 5.79. The van der Waals surface area contributed by atoms with Crippen molar-refractivity contribution in [3.63, 3.8) is 0 Å². The Kier molecular flexibility index (Phi) is 10.5. The van der Waals surface area contributed by atoms with Crippen molar-refractivity contribution in [3.8, 4) is 0 Å². The van der Waals surface area contributed by atoms with Gasteiger partial charge in [-0.25, -0.2) is 26.0 Å². The van der Waals surface area contributed by atoms with Gasteiger partial charge in [0.1, 0.15) is 23.2 Å². The molecular formula is C27H35ClFN3O9S2. The summed E-state index contributed by atoms with van der Waals surface area (Å²) in [6.45, 7) is 4.74. The van der Waals surface area contributed by atoms with Gasteiger partial charge in [-0.1, -0.05) is 17.7 Å². The number of hydrogen-bond acceptors (Lipinski definition) is 10. The van der Waals surface area contributed by atoms with Crippen LogP contribution in [0.15, 0.2) is 47.1 Å². The van der Waals surface area contributed by atoms with Gasteiger partial charge in [-0.15, -0.1) is 0 Å². The van der Waals surface area contributed by atoms with Crippen LogP contribution in [0.3, 0.4) is 0 Å². The average molecular weight is 664 g/mol. The Morgan fingerprint density at radius 1 is 1.26 bits per heavy atom. The maximum atomic E-state index is 14.0. The second-order valence-electron chi connectivity index (χ2n) is 11.5. The molecule has 0 saturated carbocycles. The maximum absolute atomic E-state index is 14.0. The highest BCUT2D eigenvalue weighted by Gasteiger charge is 2.47. The molecule has 1 fully saturated rings. The van der Waals surface area contributed by atoms with Crippen molar-refractivity contribution in [2.75, 3.05) is 32.1 Å². The molecule has 1 aliphatic carbocycles. The van der Waals surface area contributed by atoms with Gasteiger partial charge < -0.3 is 19.7 Å². The zero-order chi connectivity index (χ0) is 32.4. The summed E-state index contributed by atoms with van der Waals surface area (Å²) in [4.78, 5) is 40.3. The van der Waals surface area contributed by atoms with E-state index in [1.165, 1.54) is 37.2 Å². The van der Waals surface area contributed by atoms with E-state index in [2.05, 4.69) is 10.0 Å². The molecular weight excluding hydrogens is 629 g/mol. The summed E-state index contributed by atoms with van der Waals surface area (Å²) in [5.41, 5.74) is -2.69. The zero-order valence-electron chi connectivity index (χ0n) is 24.3. The SMILES string of the molecule is CN(C)C(=O)OC1=CCC(C[C@H](NS(=O)(=O)c2ccc(F)c(Cl)c2)C(=O)OC(C)(C)C)(C(=O)C2CS(=O)(=O)CCN2)C=C1. The lowest BCUT2D eigenvalue weighted by Gasteiger charge is -2.37. The molecule has 0 aromatic heterocycles. The molecule has 2 N–H and O–H groups in total. The highest BCUT2D eigenvalue weighted by Crippen LogP contribution is 2.38. The van der Waals surface area contributed by atoms with E-state index >= 15 is 0 Å². The van der Waals surface area contributed by atoms with Gasteiger partial charge in [-0.3, -0.25) is 9.59 Å². The van der Waals surface area contributed by atoms with Crippen molar-refractivity contribution < 1.29 is 45.1 Å². The molecule has 1 aromatic carbocycles. The van der Waals surface area contributed by atoms with E-state index in [9.17, 15) is 35.6 Å². The molecule has 43 heavy (non-hydrogen) atoms. The third-order valence-corrected chi connectivity index (χ3v) is 10.0. The number of benzene rings is 1. The van der Waals surface area contributed by atoms with Gasteiger partial charge in [-0.2, -0.15) is 4.72 Å². The van der Waals surface area contributed by atoms with Crippen molar-refractivity contribution in [2.24, 2.45) is 5.41 Å². The maximum Gasteiger partial charge on any atom is 0.414 e. The van der Waals surface area contributed by atoms with Crippen molar-refractivity contribution in [2.45, 2.75) is 56.2 Å². The third-order valence-electron chi connectivity index (χ3n) is 6.59. The number of amides is 1. The number of carbonyl (C=O) groups is 3. The standard InChI is InChI=1S/C27H35ClFN3O9S2/c1-26(2,3)41-24(34)21(31-43(38,39)18-6-7-20(29)19(28)14-18)15-27(23(33)22-16-42(36,37)13-12-30-22)10-8-17(9-11-27)40-25(35)32(4)5/h6-10,14,21-22,30-31H,11-13,15-16H2,1-5H3/t21-,22?,27?/m0/s1. The Hall–Kier alpha value is -2.85. The fourth-order valence-corrected chi connectivity index (χ4v) is 7.30.